The van der Waals surface area contributed by atoms with Crippen molar-refractivity contribution in [1.29, 1.82) is 0 Å². The quantitative estimate of drug-likeness (QED) is 0.394. The van der Waals surface area contributed by atoms with Crippen molar-refractivity contribution in [3.63, 3.8) is 0 Å². The van der Waals surface area contributed by atoms with Crippen LogP contribution in [0.2, 0.25) is 0 Å². The number of alkyl carbamates (subject to hydrolysis) is 1. The van der Waals surface area contributed by atoms with Crippen LogP contribution < -0.4 is 10.6 Å². The number of quaternary nitrogens is 1. The molecule has 0 fully saturated rings. The molecule has 1 amide bonds. The lowest BCUT2D eigenvalue weighted by Crippen LogP contribution is -2.87. The second-order valence-electron chi connectivity index (χ2n) is 6.51. The van der Waals surface area contributed by atoms with E-state index in [2.05, 4.69) is 36.2 Å². The van der Waals surface area contributed by atoms with E-state index in [1.165, 1.54) is 28.3 Å². The van der Waals surface area contributed by atoms with Gasteiger partial charge in [-0.05, 0) is 22.3 Å². The molecule has 0 radical (unpaired) electrons. The summed E-state index contributed by atoms with van der Waals surface area (Å²) in [5.41, 5.74) is 4.76. The third-order valence-electron chi connectivity index (χ3n) is 4.63. The number of nitrogens with two attached hydrogens (primary N) is 1. The molecule has 0 aliphatic heterocycles. The van der Waals surface area contributed by atoms with Gasteiger partial charge in [0.2, 0.25) is 0 Å². The molecular weight excluding hydrogens is 356 g/mol. The van der Waals surface area contributed by atoms with Gasteiger partial charge in [-0.1, -0.05) is 61.2 Å². The first-order valence-corrected chi connectivity index (χ1v) is 9.37. The van der Waals surface area contributed by atoms with Gasteiger partial charge in [0.1, 0.15) is 13.2 Å². The van der Waals surface area contributed by atoms with Crippen molar-refractivity contribution in [2.24, 2.45) is 0 Å². The molecule has 2 aromatic carbocycles. The first kappa shape index (κ1) is 19.6. The van der Waals surface area contributed by atoms with Crippen LogP contribution in [0.1, 0.15) is 17.0 Å². The molecule has 3 rings (SSSR count). The average Bonchev–Trinajstić information content (AvgIpc) is 3.04. The van der Waals surface area contributed by atoms with E-state index in [1.54, 1.807) is 5.32 Å². The molecule has 0 atom stereocenters. The molecule has 28 heavy (non-hydrogen) atoms. The van der Waals surface area contributed by atoms with Crippen LogP contribution in [0.25, 0.3) is 11.1 Å². The van der Waals surface area contributed by atoms with E-state index in [4.69, 9.17) is 9.47 Å². The smallest absolute Gasteiger partial charge is 0.407 e. The van der Waals surface area contributed by atoms with Crippen LogP contribution in [-0.2, 0) is 14.3 Å². The van der Waals surface area contributed by atoms with E-state index in [9.17, 15) is 9.59 Å². The van der Waals surface area contributed by atoms with Crippen molar-refractivity contribution >= 4 is 12.1 Å². The van der Waals surface area contributed by atoms with Crippen molar-refractivity contribution < 1.29 is 24.4 Å². The fraction of sp³-hybridized carbons (Fsp3) is 0.273. The van der Waals surface area contributed by atoms with Crippen molar-refractivity contribution in [1.82, 2.24) is 5.32 Å². The standard InChI is InChI=1S/C22H24N2O4/c1-2-13-27-21(25)14-23-11-12-24-22(26)28-15-20-18-9-5-3-7-16(18)17-8-4-6-10-19(17)20/h2-10,20,23H,1,11-15H2,(H,24,26)/p+1. The molecule has 1 aliphatic rings. The summed E-state index contributed by atoms with van der Waals surface area (Å²) in [5.74, 6) is -0.259. The van der Waals surface area contributed by atoms with Gasteiger partial charge in [0.15, 0.2) is 6.54 Å². The zero-order valence-corrected chi connectivity index (χ0v) is 15.7. The van der Waals surface area contributed by atoms with Crippen LogP contribution in [0, 0.1) is 0 Å². The maximum atomic E-state index is 12.0. The van der Waals surface area contributed by atoms with Crippen LogP contribution in [0.15, 0.2) is 61.2 Å². The Kier molecular flexibility index (Phi) is 6.81. The highest BCUT2D eigenvalue weighted by atomic mass is 16.5. The summed E-state index contributed by atoms with van der Waals surface area (Å²) in [6.45, 7) is 5.17. The highest BCUT2D eigenvalue weighted by molar-refractivity contribution is 5.79. The van der Waals surface area contributed by atoms with E-state index in [-0.39, 0.29) is 31.6 Å². The van der Waals surface area contributed by atoms with E-state index in [0.29, 0.717) is 13.1 Å². The van der Waals surface area contributed by atoms with Crippen molar-refractivity contribution in [3.05, 3.63) is 72.3 Å². The van der Waals surface area contributed by atoms with E-state index in [0.717, 1.165) is 0 Å². The minimum absolute atomic E-state index is 0.0457. The van der Waals surface area contributed by atoms with Gasteiger partial charge in [0.25, 0.3) is 0 Å². The molecule has 146 valence electrons. The van der Waals surface area contributed by atoms with Crippen LogP contribution in [-0.4, -0.2) is 44.9 Å². The third-order valence-corrected chi connectivity index (χ3v) is 4.63. The normalized spacial score (nSPS) is 12.0. The number of esters is 1. The van der Waals surface area contributed by atoms with Gasteiger partial charge in [-0.25, -0.2) is 9.59 Å². The van der Waals surface area contributed by atoms with Crippen LogP contribution in [0.4, 0.5) is 4.79 Å². The van der Waals surface area contributed by atoms with Gasteiger partial charge < -0.3 is 20.1 Å². The average molecular weight is 381 g/mol. The van der Waals surface area contributed by atoms with Gasteiger partial charge >= 0.3 is 12.1 Å². The number of ether oxygens (including phenoxy) is 2. The summed E-state index contributed by atoms with van der Waals surface area (Å²) in [4.78, 5) is 23.3. The van der Waals surface area contributed by atoms with E-state index in [1.807, 2.05) is 24.3 Å². The third kappa shape index (κ3) is 4.78. The predicted octanol–water partition coefficient (Wildman–Crippen LogP) is 1.82. The Hall–Kier alpha value is -3.12. The van der Waals surface area contributed by atoms with Gasteiger partial charge in [0, 0.05) is 5.92 Å². The summed E-state index contributed by atoms with van der Waals surface area (Å²) in [7, 11) is 0. The number of nitrogens with one attached hydrogen (secondary N) is 1. The molecule has 0 unspecified atom stereocenters. The van der Waals surface area contributed by atoms with Gasteiger partial charge in [0.05, 0.1) is 13.1 Å². The number of fused-ring (bicyclic) bond motifs is 3. The summed E-state index contributed by atoms with van der Waals surface area (Å²) in [6.07, 6.45) is 1.07. The Morgan fingerprint density at radius 2 is 1.68 bits per heavy atom. The fourth-order valence-corrected chi connectivity index (χ4v) is 3.36. The zero-order valence-electron chi connectivity index (χ0n) is 15.7. The topological polar surface area (TPSA) is 81.2 Å². The van der Waals surface area contributed by atoms with Crippen molar-refractivity contribution in [3.8, 4) is 11.1 Å². The minimum Gasteiger partial charge on any atom is -0.457 e. The van der Waals surface area contributed by atoms with Crippen molar-refractivity contribution in [2.45, 2.75) is 5.92 Å². The SMILES string of the molecule is C=CCOC(=O)C[NH2+]CCNC(=O)OCC1c2ccccc2-c2ccccc21. The molecule has 0 heterocycles. The summed E-state index contributed by atoms with van der Waals surface area (Å²) >= 11 is 0. The van der Waals surface area contributed by atoms with E-state index >= 15 is 0 Å². The second-order valence-corrected chi connectivity index (χ2v) is 6.51. The molecule has 6 heteroatoms. The highest BCUT2D eigenvalue weighted by Crippen LogP contribution is 2.44. The number of hydrogen-bond acceptors (Lipinski definition) is 4. The lowest BCUT2D eigenvalue weighted by molar-refractivity contribution is -0.643. The number of carbonyl (C=O) groups excluding carboxylic acids is 2. The highest BCUT2D eigenvalue weighted by Gasteiger charge is 2.28. The Morgan fingerprint density at radius 3 is 2.32 bits per heavy atom. The number of rotatable bonds is 9. The lowest BCUT2D eigenvalue weighted by Gasteiger charge is -2.14. The molecule has 2 aromatic rings. The number of carbonyl (C=O) groups is 2. The first-order valence-electron chi connectivity index (χ1n) is 9.37. The van der Waals surface area contributed by atoms with Crippen LogP contribution in [0.5, 0.6) is 0 Å². The molecule has 1 aliphatic carbocycles. The lowest BCUT2D eigenvalue weighted by atomic mass is 9.98. The molecule has 0 saturated heterocycles. The van der Waals surface area contributed by atoms with Crippen LogP contribution in [0.3, 0.4) is 0 Å². The minimum atomic E-state index is -0.454. The monoisotopic (exact) mass is 381 g/mol. The number of hydrogen-bond donors (Lipinski definition) is 2. The molecule has 0 aromatic heterocycles. The molecule has 0 bridgehead atoms. The Balaban J connectivity index is 1.43. The molecule has 6 nitrogen and oxygen atoms in total. The number of benzene rings is 2. The fourth-order valence-electron chi connectivity index (χ4n) is 3.36. The molecule has 0 saturated carbocycles. The Labute approximate surface area is 164 Å². The second kappa shape index (κ2) is 9.71. The predicted molar refractivity (Wildman–Crippen MR) is 106 cm³/mol. The molecule has 3 N–H and O–H groups in total. The molecule has 0 spiro atoms. The summed E-state index contributed by atoms with van der Waals surface area (Å²) in [5, 5.41) is 4.48. The maximum absolute atomic E-state index is 12.0. The van der Waals surface area contributed by atoms with Gasteiger partial charge in [-0.3, -0.25) is 0 Å². The summed E-state index contributed by atoms with van der Waals surface area (Å²) in [6, 6.07) is 16.4. The zero-order chi connectivity index (χ0) is 19.8. The summed E-state index contributed by atoms with van der Waals surface area (Å²) < 4.78 is 10.3. The number of amides is 1. The van der Waals surface area contributed by atoms with Crippen LogP contribution >= 0.6 is 0 Å². The van der Waals surface area contributed by atoms with Crippen molar-refractivity contribution in [2.75, 3.05) is 32.8 Å². The van der Waals surface area contributed by atoms with Gasteiger partial charge in [-0.2, -0.15) is 0 Å². The first-order chi connectivity index (χ1) is 13.7. The van der Waals surface area contributed by atoms with E-state index < -0.39 is 6.09 Å². The maximum Gasteiger partial charge on any atom is 0.407 e. The molecular formula is C22H25N2O4+. The largest absolute Gasteiger partial charge is 0.457 e. The Bertz CT molecular complexity index is 804. The Morgan fingerprint density at radius 1 is 1.04 bits per heavy atom. The van der Waals surface area contributed by atoms with Gasteiger partial charge in [-0.15, -0.1) is 0 Å².